The summed E-state index contributed by atoms with van der Waals surface area (Å²) in [6, 6.07) is 0.439. The van der Waals surface area contributed by atoms with Crippen LogP contribution < -0.4 is 10.9 Å². The molecule has 1 fully saturated rings. The monoisotopic (exact) mass is 253 g/mol. The van der Waals surface area contributed by atoms with Crippen LogP contribution in [0.4, 0.5) is 5.69 Å². The molecule has 4 nitrogen and oxygen atoms in total. The molecule has 0 aromatic carbocycles. The molecule has 2 rings (SSSR count). The second-order valence-electron chi connectivity index (χ2n) is 4.30. The van der Waals surface area contributed by atoms with Crippen molar-refractivity contribution in [1.82, 2.24) is 9.78 Å². The molecule has 1 aromatic rings. The predicted octanol–water partition coefficient (Wildman–Crippen LogP) is 2.29. The molecule has 0 radical (unpaired) electrons. The fraction of sp³-hybridized carbons (Fsp3) is 0.500. The molecule has 2 atom stereocenters. The van der Waals surface area contributed by atoms with Gasteiger partial charge in [-0.1, -0.05) is 31.0 Å². The number of rotatable bonds is 5. The van der Waals surface area contributed by atoms with E-state index in [1.807, 2.05) is 0 Å². The Morgan fingerprint density at radius 3 is 3.12 bits per heavy atom. The Labute approximate surface area is 105 Å². The Morgan fingerprint density at radius 1 is 1.76 bits per heavy atom. The molecule has 0 amide bonds. The minimum absolute atomic E-state index is 0.212. The smallest absolute Gasteiger partial charge is 0.287 e. The average molecular weight is 254 g/mol. The van der Waals surface area contributed by atoms with Gasteiger partial charge in [0.15, 0.2) is 0 Å². The minimum atomic E-state index is -0.273. The molecule has 1 heterocycles. The van der Waals surface area contributed by atoms with Gasteiger partial charge in [-0.05, 0) is 12.3 Å². The number of anilines is 1. The number of nitrogens with one attached hydrogen (secondary N) is 1. The van der Waals surface area contributed by atoms with Crippen LogP contribution in [0.25, 0.3) is 0 Å². The fourth-order valence-electron chi connectivity index (χ4n) is 1.89. The second-order valence-corrected chi connectivity index (χ2v) is 4.68. The highest BCUT2D eigenvalue weighted by Crippen LogP contribution is 2.36. The van der Waals surface area contributed by atoms with Crippen molar-refractivity contribution in [2.45, 2.75) is 32.4 Å². The van der Waals surface area contributed by atoms with Crippen LogP contribution in [-0.2, 0) is 6.54 Å². The Balaban J connectivity index is 2.16. The van der Waals surface area contributed by atoms with E-state index in [-0.39, 0.29) is 10.6 Å². The van der Waals surface area contributed by atoms with Gasteiger partial charge in [-0.25, -0.2) is 4.68 Å². The van der Waals surface area contributed by atoms with Crippen LogP contribution in [0.1, 0.15) is 19.8 Å². The van der Waals surface area contributed by atoms with Gasteiger partial charge in [-0.15, -0.1) is 6.58 Å². The normalized spacial score (nSPS) is 22.2. The van der Waals surface area contributed by atoms with Crippen molar-refractivity contribution in [2.24, 2.45) is 5.92 Å². The zero-order chi connectivity index (χ0) is 12.4. The highest BCUT2D eigenvalue weighted by Gasteiger charge is 2.35. The summed E-state index contributed by atoms with van der Waals surface area (Å²) in [5.41, 5.74) is 0.364. The highest BCUT2D eigenvalue weighted by molar-refractivity contribution is 6.32. The van der Waals surface area contributed by atoms with E-state index in [0.717, 1.165) is 12.8 Å². The number of aromatic nitrogens is 2. The average Bonchev–Trinajstić information content (AvgIpc) is 3.07. The summed E-state index contributed by atoms with van der Waals surface area (Å²) in [4.78, 5) is 11.8. The molecule has 1 aromatic heterocycles. The van der Waals surface area contributed by atoms with Gasteiger partial charge in [-0.2, -0.15) is 5.10 Å². The molecule has 5 heteroatoms. The molecular weight excluding hydrogens is 238 g/mol. The van der Waals surface area contributed by atoms with Crippen LogP contribution in [-0.4, -0.2) is 15.8 Å². The SMILES string of the molecule is C=CCn1ncc(NC2CC2CC)c(Cl)c1=O. The molecule has 0 aliphatic heterocycles. The molecule has 0 saturated heterocycles. The summed E-state index contributed by atoms with van der Waals surface area (Å²) in [6.45, 7) is 6.11. The van der Waals surface area contributed by atoms with Crippen molar-refractivity contribution < 1.29 is 0 Å². The Kier molecular flexibility index (Phi) is 3.52. The van der Waals surface area contributed by atoms with Crippen molar-refractivity contribution in [3.8, 4) is 0 Å². The zero-order valence-electron chi connectivity index (χ0n) is 9.82. The number of allylic oxidation sites excluding steroid dienone is 1. The van der Waals surface area contributed by atoms with Gasteiger partial charge >= 0.3 is 0 Å². The number of hydrogen-bond donors (Lipinski definition) is 1. The summed E-state index contributed by atoms with van der Waals surface area (Å²) < 4.78 is 1.30. The molecule has 1 N–H and O–H groups in total. The standard InChI is InChI=1S/C12H16ClN3O/c1-3-5-16-12(17)11(13)10(7-14-16)15-9-6-8(9)4-2/h3,7-9,15H,1,4-6H2,2H3. The van der Waals surface area contributed by atoms with Crippen LogP contribution in [0.3, 0.4) is 0 Å². The summed E-state index contributed by atoms with van der Waals surface area (Å²) in [7, 11) is 0. The van der Waals surface area contributed by atoms with Gasteiger partial charge in [0, 0.05) is 6.04 Å². The van der Waals surface area contributed by atoms with Gasteiger partial charge < -0.3 is 5.32 Å². The highest BCUT2D eigenvalue weighted by atomic mass is 35.5. The molecule has 17 heavy (non-hydrogen) atoms. The molecule has 1 aliphatic rings. The van der Waals surface area contributed by atoms with Gasteiger partial charge in [0.2, 0.25) is 0 Å². The lowest BCUT2D eigenvalue weighted by Crippen LogP contribution is -2.24. The maximum Gasteiger partial charge on any atom is 0.287 e. The van der Waals surface area contributed by atoms with Gasteiger partial charge in [0.25, 0.3) is 5.56 Å². The minimum Gasteiger partial charge on any atom is -0.379 e. The molecule has 2 unspecified atom stereocenters. The quantitative estimate of drug-likeness (QED) is 0.819. The number of hydrogen-bond acceptors (Lipinski definition) is 3. The van der Waals surface area contributed by atoms with Crippen molar-refractivity contribution >= 4 is 17.3 Å². The van der Waals surface area contributed by atoms with E-state index in [4.69, 9.17) is 11.6 Å². The molecule has 92 valence electrons. The third kappa shape index (κ3) is 2.52. The van der Waals surface area contributed by atoms with E-state index in [1.54, 1.807) is 12.3 Å². The summed E-state index contributed by atoms with van der Waals surface area (Å²) in [5, 5.41) is 7.52. The zero-order valence-corrected chi connectivity index (χ0v) is 10.6. The molecular formula is C12H16ClN3O. The Bertz CT molecular complexity index is 483. The van der Waals surface area contributed by atoms with Crippen molar-refractivity contribution in [3.05, 3.63) is 34.2 Å². The van der Waals surface area contributed by atoms with Gasteiger partial charge in [0.1, 0.15) is 5.02 Å². The molecule has 1 saturated carbocycles. The summed E-state index contributed by atoms with van der Waals surface area (Å²) in [5.74, 6) is 0.696. The Morgan fingerprint density at radius 2 is 2.53 bits per heavy atom. The van der Waals surface area contributed by atoms with Crippen LogP contribution in [0.5, 0.6) is 0 Å². The van der Waals surface area contributed by atoms with Crippen LogP contribution in [0.2, 0.25) is 5.02 Å². The van der Waals surface area contributed by atoms with Crippen LogP contribution in [0.15, 0.2) is 23.6 Å². The van der Waals surface area contributed by atoms with Crippen molar-refractivity contribution in [1.29, 1.82) is 0 Å². The topological polar surface area (TPSA) is 46.9 Å². The van der Waals surface area contributed by atoms with Crippen molar-refractivity contribution in [3.63, 3.8) is 0 Å². The van der Waals surface area contributed by atoms with E-state index in [1.165, 1.54) is 4.68 Å². The fourth-order valence-corrected chi connectivity index (χ4v) is 2.09. The lowest BCUT2D eigenvalue weighted by atomic mass is 10.3. The third-order valence-electron chi connectivity index (χ3n) is 3.07. The van der Waals surface area contributed by atoms with E-state index in [0.29, 0.717) is 24.2 Å². The van der Waals surface area contributed by atoms with Gasteiger partial charge in [0.05, 0.1) is 18.4 Å². The maximum atomic E-state index is 11.8. The molecule has 0 bridgehead atoms. The van der Waals surface area contributed by atoms with Crippen molar-refractivity contribution in [2.75, 3.05) is 5.32 Å². The van der Waals surface area contributed by atoms with E-state index in [9.17, 15) is 4.79 Å². The first-order valence-electron chi connectivity index (χ1n) is 5.80. The van der Waals surface area contributed by atoms with E-state index < -0.39 is 0 Å². The van der Waals surface area contributed by atoms with E-state index >= 15 is 0 Å². The van der Waals surface area contributed by atoms with Crippen LogP contribution in [0, 0.1) is 5.92 Å². The Hall–Kier alpha value is -1.29. The first-order valence-corrected chi connectivity index (χ1v) is 6.18. The summed E-state index contributed by atoms with van der Waals surface area (Å²) in [6.07, 6.45) is 5.52. The van der Waals surface area contributed by atoms with Gasteiger partial charge in [-0.3, -0.25) is 4.79 Å². The first-order chi connectivity index (χ1) is 8.17. The van der Waals surface area contributed by atoms with Crippen LogP contribution >= 0.6 is 11.6 Å². The largest absolute Gasteiger partial charge is 0.379 e. The predicted molar refractivity (Wildman–Crippen MR) is 69.5 cm³/mol. The second kappa shape index (κ2) is 4.92. The molecule has 1 aliphatic carbocycles. The lowest BCUT2D eigenvalue weighted by molar-refractivity contribution is 0.652. The number of halogens is 1. The lowest BCUT2D eigenvalue weighted by Gasteiger charge is -2.08. The third-order valence-corrected chi connectivity index (χ3v) is 3.44. The van der Waals surface area contributed by atoms with E-state index in [2.05, 4.69) is 23.9 Å². The number of nitrogens with zero attached hydrogens (tertiary/aromatic N) is 2. The maximum absolute atomic E-state index is 11.8. The molecule has 0 spiro atoms. The summed E-state index contributed by atoms with van der Waals surface area (Å²) >= 11 is 6.03. The first kappa shape index (κ1) is 12.2.